The van der Waals surface area contributed by atoms with Crippen molar-refractivity contribution in [2.75, 3.05) is 0 Å². The summed E-state index contributed by atoms with van der Waals surface area (Å²) in [6.07, 6.45) is 0. The molecular weight excluding hydrogens is 212 g/mol. The minimum Gasteiger partial charge on any atom is -0.300 e. The first-order chi connectivity index (χ1) is 5.15. The quantitative estimate of drug-likeness (QED) is 0.616. The number of ketones is 1. The molecule has 0 rings (SSSR count). The van der Waals surface area contributed by atoms with Crippen LogP contribution in [0.15, 0.2) is 0 Å². The van der Waals surface area contributed by atoms with Crippen molar-refractivity contribution in [3.63, 3.8) is 0 Å². The van der Waals surface area contributed by atoms with E-state index in [0.717, 1.165) is 0 Å². The predicted molar refractivity (Wildman–Crippen MR) is 34.2 cm³/mol. The standard InChI is InChI=1S/C3H6O.Br2/c1-3(2)4;1-2/h1-2H3;/i1D3,2D3;. The third kappa shape index (κ3) is 154. The number of halogens is 2. The molecule has 38 valence electrons. The second-order valence-corrected chi connectivity index (χ2v) is 0.329. The highest BCUT2D eigenvalue weighted by molar-refractivity contribution is 9.93. The van der Waals surface area contributed by atoms with Gasteiger partial charge in [0.15, 0.2) is 0 Å². The van der Waals surface area contributed by atoms with Crippen molar-refractivity contribution in [3.8, 4) is 0 Å². The fourth-order valence-electron chi connectivity index (χ4n) is 0. The van der Waals surface area contributed by atoms with Gasteiger partial charge in [0.05, 0.1) is 0 Å². The molecule has 0 aliphatic carbocycles. The zero-order chi connectivity index (χ0) is 10.6. The van der Waals surface area contributed by atoms with Crippen LogP contribution in [-0.2, 0) is 4.79 Å². The van der Waals surface area contributed by atoms with E-state index in [0.29, 0.717) is 0 Å². The molecule has 0 aromatic carbocycles. The van der Waals surface area contributed by atoms with Gasteiger partial charge in [-0.15, -0.1) is 0 Å². The summed E-state index contributed by atoms with van der Waals surface area (Å²) in [4.78, 5) is 10.4. The van der Waals surface area contributed by atoms with Gasteiger partial charge in [0.1, 0.15) is 5.78 Å². The lowest BCUT2D eigenvalue weighted by atomic mass is 10.6. The van der Waals surface area contributed by atoms with Crippen molar-refractivity contribution in [3.05, 3.63) is 0 Å². The van der Waals surface area contributed by atoms with Crippen LogP contribution in [0.4, 0.5) is 0 Å². The molecule has 0 saturated carbocycles. The molecule has 0 aromatic heterocycles. The second kappa shape index (κ2) is 9.16. The molecule has 0 atom stereocenters. The molecule has 0 unspecified atom stereocenters. The van der Waals surface area contributed by atoms with E-state index in [-0.39, 0.29) is 0 Å². The zero-order valence-electron chi connectivity index (χ0n) is 8.66. The third-order valence-corrected chi connectivity index (χ3v) is 0. The van der Waals surface area contributed by atoms with Crippen LogP contribution in [0, 0.1) is 0 Å². The van der Waals surface area contributed by atoms with Gasteiger partial charge < -0.3 is 4.79 Å². The summed E-state index contributed by atoms with van der Waals surface area (Å²) >= 11 is 5.50. The Morgan fingerprint density at radius 2 is 2.00 bits per heavy atom. The van der Waals surface area contributed by atoms with Gasteiger partial charge in [-0.2, -0.15) is 0 Å². The topological polar surface area (TPSA) is 17.1 Å². The van der Waals surface area contributed by atoms with E-state index in [2.05, 4.69) is 28.3 Å². The molecular formula is C3H6Br2O. The van der Waals surface area contributed by atoms with Gasteiger partial charge >= 0.3 is 0 Å². The smallest absolute Gasteiger partial charge is 0.126 e. The zero-order valence-corrected chi connectivity index (χ0v) is 5.84. The van der Waals surface area contributed by atoms with E-state index in [1.165, 1.54) is 0 Å². The number of rotatable bonds is 0. The minimum absolute atomic E-state index is 1.68. The summed E-state index contributed by atoms with van der Waals surface area (Å²) in [5, 5.41) is 0. The van der Waals surface area contributed by atoms with Gasteiger partial charge in [0.25, 0.3) is 0 Å². The highest BCUT2D eigenvalue weighted by Gasteiger charge is 1.62. The molecule has 0 aliphatic rings. The van der Waals surface area contributed by atoms with Crippen LogP contribution in [-0.4, -0.2) is 5.78 Å². The van der Waals surface area contributed by atoms with E-state index in [4.69, 9.17) is 8.22 Å². The fraction of sp³-hybridized carbons (Fsp3) is 0.667. The van der Waals surface area contributed by atoms with Crippen LogP contribution in [0.3, 0.4) is 0 Å². The number of hydrogen-bond acceptors (Lipinski definition) is 1. The van der Waals surface area contributed by atoms with Crippen molar-refractivity contribution >= 4 is 34.0 Å². The first-order valence-corrected chi connectivity index (χ1v) is 4.56. The predicted octanol–water partition coefficient (Wildman–Crippen LogP) is 2.29. The second-order valence-electron chi connectivity index (χ2n) is 0.329. The Bertz CT molecular complexity index is 132. The molecule has 0 N–H and O–H groups in total. The molecule has 0 aromatic rings. The van der Waals surface area contributed by atoms with Gasteiger partial charge in [-0.3, -0.25) is 0 Å². The minimum atomic E-state index is -3.01. The maximum Gasteiger partial charge on any atom is 0.126 e. The number of carbonyl (C=O) groups excluding carboxylic acids is 1. The highest BCUT2D eigenvalue weighted by Crippen LogP contribution is 1.85. The van der Waals surface area contributed by atoms with Crippen LogP contribution in [0.25, 0.3) is 0 Å². The van der Waals surface area contributed by atoms with Gasteiger partial charge in [0.2, 0.25) is 0 Å². The molecule has 0 aliphatic heterocycles. The summed E-state index contributed by atoms with van der Waals surface area (Å²) in [6.45, 7) is -6.02. The normalized spacial score (nSPS) is 24.3. The lowest BCUT2D eigenvalue weighted by molar-refractivity contribution is -0.114. The largest absolute Gasteiger partial charge is 0.300 e. The van der Waals surface area contributed by atoms with Crippen molar-refractivity contribution in [2.24, 2.45) is 0 Å². The summed E-state index contributed by atoms with van der Waals surface area (Å²) in [5.41, 5.74) is 0. The average Bonchev–Trinajstić information content (AvgIpc) is 1.87. The van der Waals surface area contributed by atoms with Crippen LogP contribution in [0.5, 0.6) is 0 Å². The summed E-state index contributed by atoms with van der Waals surface area (Å²) in [5.74, 6) is -1.68. The first-order valence-electron chi connectivity index (χ1n) is 3.85. The van der Waals surface area contributed by atoms with Gasteiger partial charge in [0, 0.05) is 36.5 Å². The Kier molecular flexibility index (Phi) is 2.84. The van der Waals surface area contributed by atoms with Crippen LogP contribution >= 0.6 is 28.3 Å². The number of hydrogen-bond donors (Lipinski definition) is 0. The van der Waals surface area contributed by atoms with E-state index in [9.17, 15) is 4.79 Å². The van der Waals surface area contributed by atoms with Crippen molar-refractivity contribution < 1.29 is 13.0 Å². The Hall–Kier alpha value is 0.630. The van der Waals surface area contributed by atoms with Crippen molar-refractivity contribution in [1.82, 2.24) is 0 Å². The van der Waals surface area contributed by atoms with Gasteiger partial charge in [-0.05, 0) is 13.7 Å². The van der Waals surface area contributed by atoms with E-state index < -0.39 is 19.5 Å². The molecule has 0 radical (unpaired) electrons. The van der Waals surface area contributed by atoms with E-state index >= 15 is 0 Å². The first kappa shape index (κ1) is 1.86. The van der Waals surface area contributed by atoms with Crippen LogP contribution in [0.2, 0.25) is 0 Å². The highest BCUT2D eigenvalue weighted by atomic mass is 80.9. The summed E-state index contributed by atoms with van der Waals surface area (Å²) < 4.78 is 38.5. The average molecular weight is 224 g/mol. The maximum atomic E-state index is 10.4. The Morgan fingerprint density at radius 1 is 1.67 bits per heavy atom. The third-order valence-electron chi connectivity index (χ3n) is 0. The molecule has 0 heterocycles. The fourth-order valence-corrected chi connectivity index (χ4v) is 0. The molecule has 0 spiro atoms. The Balaban J connectivity index is 0. The number of Topliss-reactive ketones (excluding diaryl/α,β-unsaturated/α-hetero) is 1. The lowest BCUT2D eigenvalue weighted by Gasteiger charge is -1.56. The van der Waals surface area contributed by atoms with Crippen molar-refractivity contribution in [1.29, 1.82) is 0 Å². The monoisotopic (exact) mass is 222 g/mol. The van der Waals surface area contributed by atoms with Gasteiger partial charge in [-0.1, -0.05) is 0 Å². The molecule has 6 heavy (non-hydrogen) atoms. The Labute approximate surface area is 61.4 Å². The van der Waals surface area contributed by atoms with Gasteiger partial charge in [-0.25, -0.2) is 0 Å². The van der Waals surface area contributed by atoms with E-state index in [1.54, 1.807) is 0 Å². The Morgan fingerprint density at radius 3 is 2.00 bits per heavy atom. The van der Waals surface area contributed by atoms with E-state index in [1.807, 2.05) is 0 Å². The van der Waals surface area contributed by atoms with Crippen LogP contribution < -0.4 is 0 Å². The summed E-state index contributed by atoms with van der Waals surface area (Å²) in [7, 11) is 0. The molecule has 0 bridgehead atoms. The SMILES string of the molecule is BrBr.[2H]C([2H])([2H])C(=O)C([2H])([2H])[2H]. The molecule has 0 saturated heterocycles. The molecule has 0 amide bonds. The van der Waals surface area contributed by atoms with Crippen molar-refractivity contribution in [2.45, 2.75) is 13.7 Å². The number of carbonyl (C=O) groups is 1. The summed E-state index contributed by atoms with van der Waals surface area (Å²) in [6, 6.07) is 0. The molecule has 1 nitrogen and oxygen atoms in total. The van der Waals surface area contributed by atoms with Crippen LogP contribution in [0.1, 0.15) is 21.9 Å². The lowest BCUT2D eigenvalue weighted by Crippen LogP contribution is -1.69. The molecule has 3 heteroatoms. The molecule has 0 fully saturated rings. The maximum absolute atomic E-state index is 10.4.